The van der Waals surface area contributed by atoms with Gasteiger partial charge in [0.2, 0.25) is 0 Å². The molecule has 88 valence electrons. The molecule has 0 unspecified atom stereocenters. The molecule has 0 amide bonds. The van der Waals surface area contributed by atoms with Gasteiger partial charge in [0.05, 0.1) is 17.7 Å². The smallest absolute Gasteiger partial charge is 0.180 e. The number of hydrogen-bond donors (Lipinski definition) is 1. The zero-order valence-corrected chi connectivity index (χ0v) is 10.2. The first-order chi connectivity index (χ1) is 8.31. The Bertz CT molecular complexity index is 536. The van der Waals surface area contributed by atoms with Gasteiger partial charge in [0.15, 0.2) is 5.13 Å². The lowest BCUT2D eigenvalue weighted by molar-refractivity contribution is 0.313. The summed E-state index contributed by atoms with van der Waals surface area (Å²) in [5, 5.41) is 2.54. The minimum Gasteiger partial charge on any atom is -0.375 e. The van der Waals surface area contributed by atoms with Gasteiger partial charge in [0.1, 0.15) is 0 Å². The van der Waals surface area contributed by atoms with Crippen LogP contribution in [0.15, 0.2) is 17.9 Å². The monoisotopic (exact) mass is 246 g/mol. The van der Waals surface area contributed by atoms with Crippen LogP contribution < -0.4 is 5.73 Å². The van der Waals surface area contributed by atoms with E-state index in [0.29, 0.717) is 11.2 Å². The highest BCUT2D eigenvalue weighted by atomic mass is 32.1. The van der Waals surface area contributed by atoms with Gasteiger partial charge < -0.3 is 10.3 Å². The summed E-state index contributed by atoms with van der Waals surface area (Å²) < 4.78 is 2.21. The summed E-state index contributed by atoms with van der Waals surface area (Å²) in [5.41, 5.74) is 7.44. The summed E-state index contributed by atoms with van der Waals surface area (Å²) in [6.07, 6.45) is 11.8. The Morgan fingerprint density at radius 3 is 2.82 bits per heavy atom. The number of nitrogen functional groups attached to an aromatic ring is 1. The van der Waals surface area contributed by atoms with E-state index < -0.39 is 0 Å². The van der Waals surface area contributed by atoms with Crippen LogP contribution in [0.25, 0.3) is 12.2 Å². The van der Waals surface area contributed by atoms with Gasteiger partial charge in [-0.15, -0.1) is 11.3 Å². The highest BCUT2D eigenvalue weighted by Crippen LogP contribution is 2.31. The van der Waals surface area contributed by atoms with Gasteiger partial charge in [0, 0.05) is 17.6 Å². The number of nitrogens with zero attached hydrogens (tertiary/aromatic N) is 3. The van der Waals surface area contributed by atoms with Crippen molar-refractivity contribution in [1.29, 1.82) is 0 Å². The normalized spacial score (nSPS) is 16.5. The molecular formula is C12H14N4S. The molecule has 0 radical (unpaired) electrons. The Balaban J connectivity index is 1.72. The highest BCUT2D eigenvalue weighted by Gasteiger charge is 2.18. The lowest BCUT2D eigenvalue weighted by atomic mass is 9.93. The topological polar surface area (TPSA) is 56.7 Å². The molecule has 3 rings (SSSR count). The molecule has 2 aromatic heterocycles. The third-order valence-electron chi connectivity index (χ3n) is 3.08. The van der Waals surface area contributed by atoms with Crippen molar-refractivity contribution in [2.75, 3.05) is 5.73 Å². The number of imidazole rings is 1. The standard InChI is InChI=1S/C12H14N4S/c13-12-15-10(7-17-12)5-4-9-6-16(8-14-9)11-2-1-3-11/h4-8,11H,1-3H2,(H2,13,15)/b5-4+. The molecule has 2 N–H and O–H groups in total. The van der Waals surface area contributed by atoms with Crippen molar-refractivity contribution in [3.05, 3.63) is 29.3 Å². The maximum absolute atomic E-state index is 5.57. The predicted molar refractivity (Wildman–Crippen MR) is 70.6 cm³/mol. The Labute approximate surface area is 104 Å². The molecule has 0 saturated heterocycles. The number of thiazole rings is 1. The van der Waals surface area contributed by atoms with Gasteiger partial charge in [-0.2, -0.15) is 0 Å². The van der Waals surface area contributed by atoms with E-state index in [1.807, 2.05) is 23.9 Å². The second kappa shape index (κ2) is 4.33. The number of aromatic nitrogens is 3. The molecule has 5 heteroatoms. The maximum atomic E-state index is 5.57. The van der Waals surface area contributed by atoms with E-state index >= 15 is 0 Å². The van der Waals surface area contributed by atoms with Crippen LogP contribution in [0.5, 0.6) is 0 Å². The Hall–Kier alpha value is -1.62. The van der Waals surface area contributed by atoms with Crippen molar-refractivity contribution < 1.29 is 0 Å². The molecule has 1 saturated carbocycles. The molecule has 0 spiro atoms. The molecular weight excluding hydrogens is 232 g/mol. The summed E-state index contributed by atoms with van der Waals surface area (Å²) in [4.78, 5) is 8.53. The summed E-state index contributed by atoms with van der Waals surface area (Å²) in [6.45, 7) is 0. The van der Waals surface area contributed by atoms with E-state index in [9.17, 15) is 0 Å². The molecule has 1 aliphatic rings. The van der Waals surface area contributed by atoms with Gasteiger partial charge in [-0.1, -0.05) is 0 Å². The van der Waals surface area contributed by atoms with Crippen molar-refractivity contribution in [2.24, 2.45) is 0 Å². The number of rotatable bonds is 3. The Morgan fingerprint density at radius 2 is 2.18 bits per heavy atom. The molecule has 2 aromatic rings. The second-order valence-corrected chi connectivity index (χ2v) is 5.16. The van der Waals surface area contributed by atoms with Crippen molar-refractivity contribution in [2.45, 2.75) is 25.3 Å². The third kappa shape index (κ3) is 2.24. The van der Waals surface area contributed by atoms with E-state index in [2.05, 4.69) is 20.7 Å². The van der Waals surface area contributed by atoms with E-state index in [4.69, 9.17) is 5.73 Å². The van der Waals surface area contributed by atoms with Crippen LogP contribution in [0.4, 0.5) is 5.13 Å². The van der Waals surface area contributed by atoms with Crippen LogP contribution >= 0.6 is 11.3 Å². The number of hydrogen-bond acceptors (Lipinski definition) is 4. The molecule has 4 nitrogen and oxygen atoms in total. The van der Waals surface area contributed by atoms with Gasteiger partial charge in [-0.25, -0.2) is 9.97 Å². The lowest BCUT2D eigenvalue weighted by Gasteiger charge is -2.26. The molecule has 2 heterocycles. The summed E-state index contributed by atoms with van der Waals surface area (Å²) >= 11 is 1.45. The van der Waals surface area contributed by atoms with Crippen molar-refractivity contribution >= 4 is 28.6 Å². The van der Waals surface area contributed by atoms with E-state index in [1.54, 1.807) is 0 Å². The zero-order valence-electron chi connectivity index (χ0n) is 9.41. The average molecular weight is 246 g/mol. The fourth-order valence-electron chi connectivity index (χ4n) is 1.87. The van der Waals surface area contributed by atoms with Gasteiger partial charge in [-0.3, -0.25) is 0 Å². The van der Waals surface area contributed by atoms with Crippen molar-refractivity contribution in [3.8, 4) is 0 Å². The first kappa shape index (κ1) is 10.5. The van der Waals surface area contributed by atoms with Crippen LogP contribution in [0.2, 0.25) is 0 Å². The third-order valence-corrected chi connectivity index (χ3v) is 3.77. The molecule has 1 aliphatic carbocycles. The minimum atomic E-state index is 0.602. The average Bonchev–Trinajstić information content (AvgIpc) is 2.82. The Morgan fingerprint density at radius 1 is 1.35 bits per heavy atom. The predicted octanol–water partition coefficient (Wildman–Crippen LogP) is 2.82. The second-order valence-electron chi connectivity index (χ2n) is 4.27. The summed E-state index contributed by atoms with van der Waals surface area (Å²) in [6, 6.07) is 0.666. The van der Waals surface area contributed by atoms with E-state index in [-0.39, 0.29) is 0 Å². The van der Waals surface area contributed by atoms with Crippen LogP contribution in [0.1, 0.15) is 36.7 Å². The molecule has 17 heavy (non-hydrogen) atoms. The van der Waals surface area contributed by atoms with Gasteiger partial charge >= 0.3 is 0 Å². The molecule has 0 aliphatic heterocycles. The highest BCUT2D eigenvalue weighted by molar-refractivity contribution is 7.13. The first-order valence-electron chi connectivity index (χ1n) is 5.74. The number of nitrogens with two attached hydrogens (primary N) is 1. The van der Waals surface area contributed by atoms with Gasteiger partial charge in [0.25, 0.3) is 0 Å². The number of anilines is 1. The first-order valence-corrected chi connectivity index (χ1v) is 6.62. The maximum Gasteiger partial charge on any atom is 0.180 e. The zero-order chi connectivity index (χ0) is 11.7. The molecule has 0 bridgehead atoms. The van der Waals surface area contributed by atoms with E-state index in [0.717, 1.165) is 11.4 Å². The lowest BCUT2D eigenvalue weighted by Crippen LogP contribution is -2.14. The van der Waals surface area contributed by atoms with Crippen LogP contribution in [-0.2, 0) is 0 Å². The largest absolute Gasteiger partial charge is 0.375 e. The molecule has 0 aromatic carbocycles. The fourth-order valence-corrected chi connectivity index (χ4v) is 2.40. The Kier molecular flexibility index (Phi) is 2.68. The molecule has 1 fully saturated rings. The van der Waals surface area contributed by atoms with Crippen LogP contribution in [-0.4, -0.2) is 14.5 Å². The van der Waals surface area contributed by atoms with Crippen LogP contribution in [0.3, 0.4) is 0 Å². The summed E-state index contributed by atoms with van der Waals surface area (Å²) in [5.74, 6) is 0. The van der Waals surface area contributed by atoms with Gasteiger partial charge in [-0.05, 0) is 31.4 Å². The quantitative estimate of drug-likeness (QED) is 0.906. The van der Waals surface area contributed by atoms with Crippen LogP contribution in [0, 0.1) is 0 Å². The van der Waals surface area contributed by atoms with Crippen molar-refractivity contribution in [1.82, 2.24) is 14.5 Å². The summed E-state index contributed by atoms with van der Waals surface area (Å²) in [7, 11) is 0. The van der Waals surface area contributed by atoms with E-state index in [1.165, 1.54) is 30.6 Å². The SMILES string of the molecule is Nc1nc(/C=C/c2cn(C3CCC3)cn2)cs1. The fraction of sp³-hybridized carbons (Fsp3) is 0.333. The minimum absolute atomic E-state index is 0.602. The molecule has 0 atom stereocenters. The van der Waals surface area contributed by atoms with Crippen molar-refractivity contribution in [3.63, 3.8) is 0 Å².